The van der Waals surface area contributed by atoms with Gasteiger partial charge in [0.05, 0.1) is 0 Å². The number of nitrogens with one attached hydrogen (secondary N) is 1. The van der Waals surface area contributed by atoms with Crippen molar-refractivity contribution in [3.63, 3.8) is 0 Å². The molecule has 3 heteroatoms. The number of alkyl halides is 2. The van der Waals surface area contributed by atoms with Crippen LogP contribution in [0.4, 0.5) is 8.78 Å². The van der Waals surface area contributed by atoms with E-state index in [1.54, 1.807) is 0 Å². The lowest BCUT2D eigenvalue weighted by Gasteiger charge is -2.34. The fraction of sp³-hybridized carbons (Fsp3) is 1.00. The molecule has 1 rings (SSSR count). The van der Waals surface area contributed by atoms with Crippen LogP contribution in [0.25, 0.3) is 0 Å². The molecule has 0 bridgehead atoms. The van der Waals surface area contributed by atoms with Crippen molar-refractivity contribution in [1.82, 2.24) is 5.32 Å². The summed E-state index contributed by atoms with van der Waals surface area (Å²) in [4.78, 5) is 0. The van der Waals surface area contributed by atoms with Crippen molar-refractivity contribution in [2.24, 2.45) is 5.92 Å². The van der Waals surface area contributed by atoms with Gasteiger partial charge in [0, 0.05) is 18.9 Å². The average molecular weight is 303 g/mol. The summed E-state index contributed by atoms with van der Waals surface area (Å²) in [6.07, 6.45) is 11.7. The summed E-state index contributed by atoms with van der Waals surface area (Å²) in [6.45, 7) is 5.43. The predicted octanol–water partition coefficient (Wildman–Crippen LogP) is 5.93. The summed E-state index contributed by atoms with van der Waals surface area (Å²) in [7, 11) is 0. The lowest BCUT2D eigenvalue weighted by Crippen LogP contribution is -2.40. The topological polar surface area (TPSA) is 12.0 Å². The third-order valence-electron chi connectivity index (χ3n) is 4.86. The van der Waals surface area contributed by atoms with Gasteiger partial charge < -0.3 is 5.32 Å². The summed E-state index contributed by atoms with van der Waals surface area (Å²) in [5.41, 5.74) is 0. The molecule has 1 nitrogen and oxygen atoms in total. The van der Waals surface area contributed by atoms with E-state index in [4.69, 9.17) is 0 Å². The first kappa shape index (κ1) is 18.9. The van der Waals surface area contributed by atoms with Crippen LogP contribution in [0.3, 0.4) is 0 Å². The number of hydrogen-bond donors (Lipinski definition) is 1. The van der Waals surface area contributed by atoms with Crippen molar-refractivity contribution in [2.45, 2.75) is 103 Å². The Kier molecular flexibility index (Phi) is 9.46. The van der Waals surface area contributed by atoms with Crippen LogP contribution in [0.2, 0.25) is 0 Å². The Hall–Kier alpha value is -0.180. The van der Waals surface area contributed by atoms with E-state index in [1.165, 1.54) is 44.9 Å². The minimum atomic E-state index is -2.40. The van der Waals surface area contributed by atoms with Crippen LogP contribution in [0.15, 0.2) is 0 Å². The fourth-order valence-electron chi connectivity index (χ4n) is 3.44. The van der Waals surface area contributed by atoms with Gasteiger partial charge in [-0.2, -0.15) is 0 Å². The zero-order valence-electron chi connectivity index (χ0n) is 14.1. The normalized spacial score (nSPS) is 20.6. The molecule has 1 aliphatic carbocycles. The van der Waals surface area contributed by atoms with Gasteiger partial charge in [0.25, 0.3) is 0 Å². The zero-order chi connectivity index (χ0) is 15.6. The Morgan fingerprint density at radius 3 is 2.19 bits per heavy atom. The van der Waals surface area contributed by atoms with E-state index in [0.717, 1.165) is 13.0 Å². The molecule has 0 aromatic rings. The molecule has 1 saturated carbocycles. The highest BCUT2D eigenvalue weighted by Gasteiger charge is 2.37. The second-order valence-electron chi connectivity index (χ2n) is 6.81. The molecule has 1 atom stereocenters. The molecule has 0 radical (unpaired) electrons. The number of rotatable bonds is 11. The molecule has 1 N–H and O–H groups in total. The standard InChI is InChI=1S/C18H35F2N/c1-3-5-6-7-8-9-10-17(21-15-4-2)16-11-13-18(19,20)14-12-16/h16-17,21H,3-15H2,1-2H3. The fourth-order valence-corrected chi connectivity index (χ4v) is 3.44. The first-order chi connectivity index (χ1) is 10.1. The summed E-state index contributed by atoms with van der Waals surface area (Å²) in [5.74, 6) is -1.93. The zero-order valence-corrected chi connectivity index (χ0v) is 14.1. The van der Waals surface area contributed by atoms with Gasteiger partial charge in [0.1, 0.15) is 0 Å². The van der Waals surface area contributed by atoms with E-state index in [1.807, 2.05) is 0 Å². The van der Waals surface area contributed by atoms with Crippen LogP contribution < -0.4 is 5.32 Å². The molecular weight excluding hydrogens is 268 g/mol. The smallest absolute Gasteiger partial charge is 0.248 e. The summed E-state index contributed by atoms with van der Waals surface area (Å²) in [6, 6.07) is 0.465. The molecule has 0 aliphatic heterocycles. The Bertz CT molecular complexity index is 246. The predicted molar refractivity (Wildman–Crippen MR) is 87.0 cm³/mol. The maximum absolute atomic E-state index is 13.3. The van der Waals surface area contributed by atoms with Crippen LogP contribution in [-0.2, 0) is 0 Å². The van der Waals surface area contributed by atoms with Gasteiger partial charge >= 0.3 is 0 Å². The lowest BCUT2D eigenvalue weighted by atomic mass is 9.80. The number of halogens is 2. The molecule has 0 amide bonds. The van der Waals surface area contributed by atoms with E-state index in [-0.39, 0.29) is 12.8 Å². The summed E-state index contributed by atoms with van der Waals surface area (Å²) < 4.78 is 26.6. The molecule has 0 aromatic heterocycles. The molecule has 1 fully saturated rings. The number of hydrogen-bond acceptors (Lipinski definition) is 1. The van der Waals surface area contributed by atoms with Crippen LogP contribution in [0.5, 0.6) is 0 Å². The van der Waals surface area contributed by atoms with Crippen LogP contribution >= 0.6 is 0 Å². The molecule has 1 aliphatic rings. The van der Waals surface area contributed by atoms with Crippen LogP contribution in [0.1, 0.15) is 90.9 Å². The SMILES string of the molecule is CCCCCCCCC(NCCC)C1CCC(F)(F)CC1. The number of unbranched alkanes of at least 4 members (excludes halogenated alkanes) is 5. The first-order valence-corrected chi connectivity index (χ1v) is 9.20. The van der Waals surface area contributed by atoms with Gasteiger partial charge in [-0.3, -0.25) is 0 Å². The second kappa shape index (κ2) is 10.5. The van der Waals surface area contributed by atoms with Crippen molar-refractivity contribution < 1.29 is 8.78 Å². The second-order valence-corrected chi connectivity index (χ2v) is 6.81. The van der Waals surface area contributed by atoms with Gasteiger partial charge in [-0.1, -0.05) is 52.4 Å². The quantitative estimate of drug-likeness (QED) is 0.466. The van der Waals surface area contributed by atoms with Crippen molar-refractivity contribution in [3.05, 3.63) is 0 Å². The van der Waals surface area contributed by atoms with Crippen LogP contribution in [0, 0.1) is 5.92 Å². The van der Waals surface area contributed by atoms with Gasteiger partial charge in [-0.05, 0) is 38.1 Å². The van der Waals surface area contributed by atoms with E-state index in [2.05, 4.69) is 19.2 Å². The largest absolute Gasteiger partial charge is 0.314 e. The van der Waals surface area contributed by atoms with Gasteiger partial charge in [0.15, 0.2) is 0 Å². The highest BCUT2D eigenvalue weighted by atomic mass is 19.3. The highest BCUT2D eigenvalue weighted by Crippen LogP contribution is 2.38. The van der Waals surface area contributed by atoms with E-state index >= 15 is 0 Å². The summed E-state index contributed by atoms with van der Waals surface area (Å²) in [5, 5.41) is 3.62. The maximum Gasteiger partial charge on any atom is 0.248 e. The monoisotopic (exact) mass is 303 g/mol. The Balaban J connectivity index is 2.27. The Morgan fingerprint density at radius 1 is 0.952 bits per heavy atom. The third-order valence-corrected chi connectivity index (χ3v) is 4.86. The molecule has 21 heavy (non-hydrogen) atoms. The van der Waals surface area contributed by atoms with E-state index in [0.29, 0.717) is 24.8 Å². The molecule has 126 valence electrons. The molecular formula is C18H35F2N. The molecule has 1 unspecified atom stereocenters. The lowest BCUT2D eigenvalue weighted by molar-refractivity contribution is -0.0499. The third kappa shape index (κ3) is 8.13. The van der Waals surface area contributed by atoms with Gasteiger partial charge in [-0.25, -0.2) is 8.78 Å². The highest BCUT2D eigenvalue weighted by molar-refractivity contribution is 4.84. The van der Waals surface area contributed by atoms with Gasteiger partial charge in [0.2, 0.25) is 5.92 Å². The Labute approximate surface area is 130 Å². The van der Waals surface area contributed by atoms with Crippen molar-refractivity contribution in [3.8, 4) is 0 Å². The minimum Gasteiger partial charge on any atom is -0.314 e. The molecule has 0 aromatic carbocycles. The van der Waals surface area contributed by atoms with Crippen molar-refractivity contribution in [2.75, 3.05) is 6.54 Å². The molecule has 0 heterocycles. The minimum absolute atomic E-state index is 0.0957. The summed E-state index contributed by atoms with van der Waals surface area (Å²) >= 11 is 0. The van der Waals surface area contributed by atoms with Crippen molar-refractivity contribution >= 4 is 0 Å². The average Bonchev–Trinajstić information content (AvgIpc) is 2.46. The van der Waals surface area contributed by atoms with E-state index in [9.17, 15) is 8.78 Å². The molecule has 0 spiro atoms. The van der Waals surface area contributed by atoms with Gasteiger partial charge in [-0.15, -0.1) is 0 Å². The van der Waals surface area contributed by atoms with E-state index < -0.39 is 5.92 Å². The van der Waals surface area contributed by atoms with Crippen LogP contribution in [-0.4, -0.2) is 18.5 Å². The Morgan fingerprint density at radius 2 is 1.57 bits per heavy atom. The maximum atomic E-state index is 13.3. The molecule has 0 saturated heterocycles. The first-order valence-electron chi connectivity index (χ1n) is 9.20. The van der Waals surface area contributed by atoms with Crippen molar-refractivity contribution in [1.29, 1.82) is 0 Å².